The lowest BCUT2D eigenvalue weighted by Gasteiger charge is -2.01. The molecule has 0 spiro atoms. The number of oxime groups is 1. The Kier molecular flexibility index (Phi) is 7.86. The van der Waals surface area contributed by atoms with Crippen LogP contribution in [0.15, 0.2) is 88.9 Å². The van der Waals surface area contributed by atoms with Gasteiger partial charge in [-0.05, 0) is 61.5 Å². The van der Waals surface area contributed by atoms with Crippen LogP contribution in [-0.2, 0) is 0 Å². The zero-order chi connectivity index (χ0) is 31.7. The first-order valence-corrected chi connectivity index (χ1v) is 13.9. The topological polar surface area (TPSA) is 198 Å². The number of halogens is 2. The number of hydrogen-bond donors (Lipinski definition) is 4. The molecular weight excluding hydrogens is 621 g/mol. The fraction of sp³-hybridized carbons (Fsp3) is 0.0333. The predicted molar refractivity (Wildman–Crippen MR) is 170 cm³/mol. The van der Waals surface area contributed by atoms with E-state index in [0.717, 1.165) is 33.5 Å². The molecule has 45 heavy (non-hydrogen) atoms. The SMILES string of the molecule is Cc1ccc(Cl)c(-c2nc3ccc(-c4ncon4)cc3[nH]2)c1.N/C(=N/O)c1ccc2nc(-c3cc([N+](=O)[O-])ccc3Cl)[nH]c2c1. The van der Waals surface area contributed by atoms with Crippen LogP contribution < -0.4 is 5.73 Å². The Bertz CT molecular complexity index is 2230. The number of nitro benzene ring substituents is 1. The van der Waals surface area contributed by atoms with Crippen molar-refractivity contribution in [2.45, 2.75) is 6.92 Å². The molecule has 5 N–H and O–H groups in total. The number of H-pyrrole nitrogens is 2. The van der Waals surface area contributed by atoms with Crippen molar-refractivity contribution in [3.8, 4) is 34.2 Å². The number of nitro groups is 1. The van der Waals surface area contributed by atoms with E-state index in [1.807, 2.05) is 43.3 Å². The maximum atomic E-state index is 10.9. The number of aryl methyl sites for hydroxylation is 1. The molecule has 7 aromatic rings. The highest BCUT2D eigenvalue weighted by Gasteiger charge is 2.15. The first kappa shape index (κ1) is 29.3. The first-order chi connectivity index (χ1) is 21.7. The number of non-ortho nitro benzene ring substituents is 1. The lowest BCUT2D eigenvalue weighted by Crippen LogP contribution is -2.12. The van der Waals surface area contributed by atoms with Crippen molar-refractivity contribution in [1.29, 1.82) is 0 Å². The molecule has 0 fully saturated rings. The number of imidazole rings is 2. The zero-order valence-corrected chi connectivity index (χ0v) is 24.7. The van der Waals surface area contributed by atoms with Gasteiger partial charge in [-0.3, -0.25) is 10.1 Å². The van der Waals surface area contributed by atoms with E-state index in [9.17, 15) is 10.1 Å². The van der Waals surface area contributed by atoms with Gasteiger partial charge in [0.05, 0.1) is 37.0 Å². The lowest BCUT2D eigenvalue weighted by molar-refractivity contribution is -0.384. The number of hydrogen-bond acceptors (Lipinski definition) is 9. The summed E-state index contributed by atoms with van der Waals surface area (Å²) in [6.07, 6.45) is 1.31. The van der Waals surface area contributed by atoms with Crippen molar-refractivity contribution < 1.29 is 14.7 Å². The molecule has 7 rings (SSSR count). The molecule has 0 aliphatic rings. The molecule has 4 aromatic carbocycles. The number of nitrogens with one attached hydrogen (secondary N) is 2. The van der Waals surface area contributed by atoms with Gasteiger partial charge in [-0.2, -0.15) is 4.98 Å². The van der Waals surface area contributed by atoms with Crippen molar-refractivity contribution >= 4 is 56.8 Å². The van der Waals surface area contributed by atoms with E-state index >= 15 is 0 Å². The number of nitrogens with zero attached hydrogens (tertiary/aromatic N) is 6. The van der Waals surface area contributed by atoms with Gasteiger partial charge in [-0.1, -0.05) is 45.1 Å². The molecule has 0 radical (unpaired) electrons. The van der Waals surface area contributed by atoms with Crippen molar-refractivity contribution in [2.24, 2.45) is 10.9 Å². The number of aromatic nitrogens is 6. The number of benzene rings is 4. The van der Waals surface area contributed by atoms with Gasteiger partial charge >= 0.3 is 0 Å². The minimum atomic E-state index is -0.501. The van der Waals surface area contributed by atoms with Crippen molar-refractivity contribution in [3.63, 3.8) is 0 Å². The fourth-order valence-corrected chi connectivity index (χ4v) is 4.97. The largest absolute Gasteiger partial charge is 0.409 e. The third-order valence-electron chi connectivity index (χ3n) is 6.78. The van der Waals surface area contributed by atoms with Crippen molar-refractivity contribution in [2.75, 3.05) is 0 Å². The summed E-state index contributed by atoms with van der Waals surface area (Å²) in [5, 5.41) is 27.4. The van der Waals surface area contributed by atoms with Crippen LogP contribution in [0.25, 0.3) is 56.2 Å². The van der Waals surface area contributed by atoms with Crippen molar-refractivity contribution in [3.05, 3.63) is 110 Å². The van der Waals surface area contributed by atoms with Gasteiger partial charge in [-0.15, -0.1) is 0 Å². The zero-order valence-electron chi connectivity index (χ0n) is 23.2. The van der Waals surface area contributed by atoms with Crippen LogP contribution in [0.1, 0.15) is 11.1 Å². The molecule has 3 heterocycles. The molecule has 3 aromatic heterocycles. The van der Waals surface area contributed by atoms with E-state index in [-0.39, 0.29) is 11.5 Å². The van der Waals surface area contributed by atoms with Gasteiger partial charge in [0, 0.05) is 34.4 Å². The van der Waals surface area contributed by atoms with E-state index in [1.54, 1.807) is 18.2 Å². The van der Waals surface area contributed by atoms with Gasteiger partial charge in [0.2, 0.25) is 12.2 Å². The van der Waals surface area contributed by atoms with Gasteiger partial charge in [-0.25, -0.2) is 9.97 Å². The molecule has 13 nitrogen and oxygen atoms in total. The van der Waals surface area contributed by atoms with E-state index in [0.29, 0.717) is 43.9 Å². The highest BCUT2D eigenvalue weighted by molar-refractivity contribution is 6.33. The Morgan fingerprint density at radius 2 is 1.56 bits per heavy atom. The summed E-state index contributed by atoms with van der Waals surface area (Å²) >= 11 is 12.4. The second kappa shape index (κ2) is 12.1. The summed E-state index contributed by atoms with van der Waals surface area (Å²) < 4.78 is 4.78. The van der Waals surface area contributed by atoms with Crippen LogP contribution in [0.5, 0.6) is 0 Å². The summed E-state index contributed by atoms with van der Waals surface area (Å²) in [6.45, 7) is 2.02. The number of rotatable bonds is 5. The molecule has 0 unspecified atom stereocenters. The number of aromatic amines is 2. The second-order valence-corrected chi connectivity index (χ2v) is 10.6. The highest BCUT2D eigenvalue weighted by atomic mass is 35.5. The monoisotopic (exact) mass is 641 g/mol. The standard InChI is InChI=1S/C16H11ClN4O.C14H10ClN5O3/c1-9-2-4-12(17)11(6-9)16-19-13-5-3-10(7-14(13)20-16)15-18-8-22-21-15;15-10-3-2-8(20(22)23)6-9(10)14-17-11-4-1-7(13(16)19-21)5-12(11)18-14/h2-8H,1H3,(H,19,20);1-6,21H,(H2,16,19)(H,17,18). The van der Waals surface area contributed by atoms with E-state index in [4.69, 9.17) is 38.7 Å². The molecule has 0 atom stereocenters. The normalized spacial score (nSPS) is 11.5. The Balaban J connectivity index is 0.000000159. The van der Waals surface area contributed by atoms with Crippen LogP contribution in [-0.4, -0.2) is 46.0 Å². The fourth-order valence-electron chi connectivity index (χ4n) is 4.56. The highest BCUT2D eigenvalue weighted by Crippen LogP contribution is 2.32. The summed E-state index contributed by atoms with van der Waals surface area (Å²) in [7, 11) is 0. The maximum Gasteiger partial charge on any atom is 0.270 e. The third kappa shape index (κ3) is 6.02. The summed E-state index contributed by atoms with van der Waals surface area (Å²) in [4.78, 5) is 29.7. The number of nitrogens with two attached hydrogens (primary N) is 1. The van der Waals surface area contributed by atoms with E-state index < -0.39 is 4.92 Å². The molecule has 0 bridgehead atoms. The van der Waals surface area contributed by atoms with Gasteiger partial charge in [0.15, 0.2) is 5.84 Å². The van der Waals surface area contributed by atoms with Crippen LogP contribution in [0.2, 0.25) is 10.0 Å². The Morgan fingerprint density at radius 1 is 0.911 bits per heavy atom. The van der Waals surface area contributed by atoms with Gasteiger partial charge in [0.25, 0.3) is 5.69 Å². The molecule has 0 aliphatic carbocycles. The van der Waals surface area contributed by atoms with Crippen LogP contribution >= 0.6 is 23.2 Å². The van der Waals surface area contributed by atoms with Gasteiger partial charge < -0.3 is 25.4 Å². The van der Waals surface area contributed by atoms with Crippen LogP contribution in [0, 0.1) is 17.0 Å². The molecule has 0 saturated heterocycles. The third-order valence-corrected chi connectivity index (χ3v) is 7.44. The molecule has 15 heteroatoms. The van der Waals surface area contributed by atoms with E-state index in [2.05, 4.69) is 35.2 Å². The van der Waals surface area contributed by atoms with Crippen molar-refractivity contribution in [1.82, 2.24) is 30.1 Å². The van der Waals surface area contributed by atoms with E-state index in [1.165, 1.54) is 24.6 Å². The Labute approximate surface area is 263 Å². The summed E-state index contributed by atoms with van der Waals surface area (Å²) in [5.74, 6) is 1.65. The minimum absolute atomic E-state index is 0.0311. The summed E-state index contributed by atoms with van der Waals surface area (Å²) in [6, 6.07) is 20.8. The lowest BCUT2D eigenvalue weighted by atomic mass is 10.1. The molecule has 224 valence electrons. The second-order valence-electron chi connectivity index (χ2n) is 9.78. The average molecular weight is 642 g/mol. The Hall–Kier alpha value is -5.79. The first-order valence-electron chi connectivity index (χ1n) is 13.1. The summed E-state index contributed by atoms with van der Waals surface area (Å²) in [5.41, 5.74) is 12.3. The number of amidine groups is 1. The minimum Gasteiger partial charge on any atom is -0.409 e. The molecule has 0 amide bonds. The van der Waals surface area contributed by atoms with Gasteiger partial charge in [0.1, 0.15) is 11.6 Å². The van der Waals surface area contributed by atoms with Crippen LogP contribution in [0.4, 0.5) is 5.69 Å². The smallest absolute Gasteiger partial charge is 0.270 e. The Morgan fingerprint density at radius 3 is 2.20 bits per heavy atom. The predicted octanol–water partition coefficient (Wildman–Crippen LogP) is 7.13. The molecule has 0 aliphatic heterocycles. The van der Waals surface area contributed by atoms with Crippen LogP contribution in [0.3, 0.4) is 0 Å². The average Bonchev–Trinajstić information content (AvgIpc) is 3.81. The quantitative estimate of drug-likeness (QED) is 0.0496. The number of fused-ring (bicyclic) bond motifs is 2. The molecule has 0 saturated carbocycles. The maximum absolute atomic E-state index is 10.9. The molecular formula is C30H21Cl2N9O4.